The summed E-state index contributed by atoms with van der Waals surface area (Å²) in [6, 6.07) is 6.29. The fourth-order valence-corrected chi connectivity index (χ4v) is 2.14. The minimum Gasteiger partial charge on any atom is -0.454 e. The molecule has 0 fully saturated rings. The summed E-state index contributed by atoms with van der Waals surface area (Å²) in [5, 5.41) is 11.1. The lowest BCUT2D eigenvalue weighted by Crippen LogP contribution is -2.16. The Morgan fingerprint density at radius 3 is 2.31 bits per heavy atom. The predicted octanol–water partition coefficient (Wildman–Crippen LogP) is 2.98. The summed E-state index contributed by atoms with van der Waals surface area (Å²) in [5.41, 5.74) is -0.271. The number of halogens is 2. The van der Waals surface area contributed by atoms with Crippen LogP contribution in [-0.2, 0) is 4.74 Å². The summed E-state index contributed by atoms with van der Waals surface area (Å²) in [6.07, 6.45) is 0. The van der Waals surface area contributed by atoms with E-state index < -0.39 is 34.9 Å². The molecule has 0 N–H and O–H groups in total. The smallest absolute Gasteiger partial charge is 0.338 e. The van der Waals surface area contributed by atoms with Gasteiger partial charge in [0.2, 0.25) is 0 Å². The van der Waals surface area contributed by atoms with Gasteiger partial charge in [-0.2, -0.15) is 0 Å². The first-order chi connectivity index (χ1) is 12.2. The van der Waals surface area contributed by atoms with E-state index in [1.165, 1.54) is 17.0 Å². The number of nitro benzene ring substituents is 1. The van der Waals surface area contributed by atoms with Crippen LogP contribution in [0.25, 0.3) is 0 Å². The van der Waals surface area contributed by atoms with Crippen molar-refractivity contribution in [3.8, 4) is 0 Å². The molecule has 0 unspecified atom stereocenters. The summed E-state index contributed by atoms with van der Waals surface area (Å²) in [4.78, 5) is 35.9. The molecular weight excluding hydrogens is 350 g/mol. The van der Waals surface area contributed by atoms with E-state index >= 15 is 0 Å². The highest BCUT2D eigenvalue weighted by Crippen LogP contribution is 2.28. The Bertz CT molecular complexity index is 883. The van der Waals surface area contributed by atoms with Gasteiger partial charge in [0, 0.05) is 25.7 Å². The fourth-order valence-electron chi connectivity index (χ4n) is 2.14. The van der Waals surface area contributed by atoms with Gasteiger partial charge in [-0.3, -0.25) is 14.9 Å². The van der Waals surface area contributed by atoms with Crippen molar-refractivity contribution in [3.63, 3.8) is 0 Å². The lowest BCUT2D eigenvalue weighted by atomic mass is 10.1. The summed E-state index contributed by atoms with van der Waals surface area (Å²) < 4.78 is 30.8. The number of benzene rings is 2. The zero-order valence-electron chi connectivity index (χ0n) is 13.9. The Hall–Kier alpha value is -3.36. The van der Waals surface area contributed by atoms with E-state index in [4.69, 9.17) is 4.74 Å². The molecule has 0 bridgehead atoms. The van der Waals surface area contributed by atoms with Crippen molar-refractivity contribution in [1.29, 1.82) is 0 Å². The van der Waals surface area contributed by atoms with Gasteiger partial charge in [-0.1, -0.05) is 0 Å². The minimum atomic E-state index is -1.20. The lowest BCUT2D eigenvalue weighted by molar-refractivity contribution is -0.384. The molecular formula is C17H14F2N2O5. The molecule has 0 aliphatic rings. The van der Waals surface area contributed by atoms with Gasteiger partial charge in [0.25, 0.3) is 5.69 Å². The third-order valence-electron chi connectivity index (χ3n) is 3.47. The average Bonchev–Trinajstić information content (AvgIpc) is 2.60. The zero-order chi connectivity index (χ0) is 19.4. The molecule has 0 atom stereocenters. The second kappa shape index (κ2) is 7.68. The van der Waals surface area contributed by atoms with Crippen molar-refractivity contribution in [2.24, 2.45) is 0 Å². The maximum atomic E-state index is 13.1. The second-order valence-electron chi connectivity index (χ2n) is 5.48. The number of nitro groups is 1. The summed E-state index contributed by atoms with van der Waals surface area (Å²) in [6.45, 7) is -0.715. The van der Waals surface area contributed by atoms with Crippen LogP contribution in [0.3, 0.4) is 0 Å². The van der Waals surface area contributed by atoms with Crippen molar-refractivity contribution in [2.45, 2.75) is 0 Å². The molecule has 2 aromatic carbocycles. The number of ether oxygens (including phenoxy) is 1. The summed E-state index contributed by atoms with van der Waals surface area (Å²) in [5.74, 6) is -3.99. The van der Waals surface area contributed by atoms with Crippen molar-refractivity contribution in [3.05, 3.63) is 69.3 Å². The van der Waals surface area contributed by atoms with Crippen LogP contribution in [-0.4, -0.2) is 37.4 Å². The molecule has 2 rings (SSSR count). The first-order valence-electron chi connectivity index (χ1n) is 7.32. The van der Waals surface area contributed by atoms with E-state index in [9.17, 15) is 28.5 Å². The number of hydrogen-bond acceptors (Lipinski definition) is 6. The maximum Gasteiger partial charge on any atom is 0.338 e. The minimum absolute atomic E-state index is 0.111. The Labute approximate surface area is 146 Å². The molecule has 0 saturated heterocycles. The van der Waals surface area contributed by atoms with E-state index in [0.717, 1.165) is 18.2 Å². The maximum absolute atomic E-state index is 13.1. The van der Waals surface area contributed by atoms with E-state index in [2.05, 4.69) is 0 Å². The number of rotatable bonds is 6. The van der Waals surface area contributed by atoms with Gasteiger partial charge in [-0.15, -0.1) is 0 Å². The average molecular weight is 364 g/mol. The number of nitrogens with zero attached hydrogens (tertiary/aromatic N) is 2. The normalized spacial score (nSPS) is 10.3. The number of hydrogen-bond donors (Lipinski definition) is 0. The van der Waals surface area contributed by atoms with Crippen LogP contribution in [0.15, 0.2) is 36.4 Å². The van der Waals surface area contributed by atoms with Gasteiger partial charge in [-0.25, -0.2) is 13.6 Å². The number of carbonyl (C=O) groups is 2. The Morgan fingerprint density at radius 1 is 1.08 bits per heavy atom. The molecule has 0 radical (unpaired) electrons. The largest absolute Gasteiger partial charge is 0.454 e. The van der Waals surface area contributed by atoms with Crippen molar-refractivity contribution in [2.75, 3.05) is 25.6 Å². The van der Waals surface area contributed by atoms with Gasteiger partial charge >= 0.3 is 5.97 Å². The highest BCUT2D eigenvalue weighted by molar-refractivity contribution is 5.99. The fraction of sp³-hybridized carbons (Fsp3) is 0.176. The zero-order valence-corrected chi connectivity index (χ0v) is 13.9. The molecule has 136 valence electrons. The lowest BCUT2D eigenvalue weighted by Gasteiger charge is -2.13. The molecule has 0 saturated carbocycles. The number of esters is 1. The molecule has 0 spiro atoms. The number of carbonyl (C=O) groups excluding carboxylic acids is 2. The topological polar surface area (TPSA) is 89.8 Å². The number of Topliss-reactive ketones (excluding diaryl/α,β-unsaturated/α-hetero) is 1. The molecule has 0 aliphatic carbocycles. The van der Waals surface area contributed by atoms with Crippen molar-refractivity contribution < 1.29 is 28.0 Å². The van der Waals surface area contributed by atoms with Crippen molar-refractivity contribution >= 4 is 23.1 Å². The van der Waals surface area contributed by atoms with Gasteiger partial charge in [0.1, 0.15) is 5.69 Å². The van der Waals surface area contributed by atoms with Crippen LogP contribution in [0, 0.1) is 21.7 Å². The molecule has 2 aromatic rings. The standard InChI is InChI=1S/C17H14F2N2O5/c1-20(2)14-6-4-11(8-15(14)21(24)25)17(23)26-9-16(22)10-3-5-12(18)13(19)7-10/h3-8H,9H2,1-2H3. The monoisotopic (exact) mass is 364 g/mol. The first-order valence-corrected chi connectivity index (χ1v) is 7.32. The van der Waals surface area contributed by atoms with Gasteiger partial charge in [0.15, 0.2) is 24.0 Å². The Kier molecular flexibility index (Phi) is 5.61. The Balaban J connectivity index is 2.12. The van der Waals surface area contributed by atoms with E-state index in [0.29, 0.717) is 11.8 Å². The van der Waals surface area contributed by atoms with Crippen LogP contribution in [0.1, 0.15) is 20.7 Å². The van der Waals surface area contributed by atoms with Crippen molar-refractivity contribution in [1.82, 2.24) is 0 Å². The quantitative estimate of drug-likeness (QED) is 0.339. The highest BCUT2D eigenvalue weighted by Gasteiger charge is 2.20. The van der Waals surface area contributed by atoms with Crippen LogP contribution in [0.2, 0.25) is 0 Å². The molecule has 0 amide bonds. The second-order valence-corrected chi connectivity index (χ2v) is 5.48. The van der Waals surface area contributed by atoms with E-state index in [1.807, 2.05) is 0 Å². The molecule has 9 heteroatoms. The number of anilines is 1. The van der Waals surface area contributed by atoms with Gasteiger partial charge < -0.3 is 9.64 Å². The van der Waals surface area contributed by atoms with Crippen LogP contribution >= 0.6 is 0 Å². The molecule has 7 nitrogen and oxygen atoms in total. The molecule has 0 aliphatic heterocycles. The van der Waals surface area contributed by atoms with Crippen LogP contribution in [0.5, 0.6) is 0 Å². The SMILES string of the molecule is CN(C)c1ccc(C(=O)OCC(=O)c2ccc(F)c(F)c2)cc1[N+](=O)[O-]. The molecule has 0 aromatic heterocycles. The van der Waals surface area contributed by atoms with Crippen LogP contribution < -0.4 is 4.90 Å². The van der Waals surface area contributed by atoms with Gasteiger partial charge in [0.05, 0.1) is 10.5 Å². The number of ketones is 1. The van der Waals surface area contributed by atoms with E-state index in [-0.39, 0.29) is 16.8 Å². The van der Waals surface area contributed by atoms with Gasteiger partial charge in [-0.05, 0) is 30.3 Å². The van der Waals surface area contributed by atoms with E-state index in [1.54, 1.807) is 14.1 Å². The summed E-state index contributed by atoms with van der Waals surface area (Å²) >= 11 is 0. The third kappa shape index (κ3) is 4.18. The molecule has 26 heavy (non-hydrogen) atoms. The van der Waals surface area contributed by atoms with Crippen LogP contribution in [0.4, 0.5) is 20.2 Å². The Morgan fingerprint density at radius 2 is 1.73 bits per heavy atom. The highest BCUT2D eigenvalue weighted by atomic mass is 19.2. The molecule has 0 heterocycles. The predicted molar refractivity (Wildman–Crippen MR) is 88.4 cm³/mol. The first kappa shape index (κ1) is 19.0. The third-order valence-corrected chi connectivity index (χ3v) is 3.47. The summed E-state index contributed by atoms with van der Waals surface area (Å²) in [7, 11) is 3.22.